The lowest BCUT2D eigenvalue weighted by Crippen LogP contribution is -2.32. The highest BCUT2D eigenvalue weighted by atomic mass is 19.4. The summed E-state index contributed by atoms with van der Waals surface area (Å²) in [6, 6.07) is 11.7. The molecule has 1 N–H and O–H groups in total. The maximum Gasteiger partial charge on any atom is 0.417 e. The minimum absolute atomic E-state index is 0.0128. The molecular weight excluding hydrogens is 369 g/mol. The number of pyridine rings is 1. The van der Waals surface area contributed by atoms with Gasteiger partial charge in [0.05, 0.1) is 18.0 Å². The molecule has 0 aliphatic heterocycles. The van der Waals surface area contributed by atoms with Crippen molar-refractivity contribution in [3.8, 4) is 0 Å². The van der Waals surface area contributed by atoms with Crippen LogP contribution in [0.3, 0.4) is 0 Å². The van der Waals surface area contributed by atoms with Gasteiger partial charge in [-0.3, -0.25) is 9.20 Å². The normalized spacial score (nSPS) is 14.0. The molecule has 2 atom stereocenters. The first-order valence-electron chi connectivity index (χ1n) is 9.04. The van der Waals surface area contributed by atoms with Gasteiger partial charge in [0.15, 0.2) is 11.5 Å². The zero-order chi connectivity index (χ0) is 20.3. The fourth-order valence-electron chi connectivity index (χ4n) is 3.14. The lowest BCUT2D eigenvalue weighted by molar-refractivity contribution is -0.137. The summed E-state index contributed by atoms with van der Waals surface area (Å²) in [6.45, 7) is 4.00. The van der Waals surface area contributed by atoms with Gasteiger partial charge in [0.25, 0.3) is 0 Å². The van der Waals surface area contributed by atoms with E-state index in [0.717, 1.165) is 24.2 Å². The van der Waals surface area contributed by atoms with Gasteiger partial charge in [-0.25, -0.2) is 0 Å². The lowest BCUT2D eigenvalue weighted by Gasteiger charge is -2.22. The van der Waals surface area contributed by atoms with Gasteiger partial charge in [-0.15, -0.1) is 10.2 Å². The second-order valence-electron chi connectivity index (χ2n) is 6.75. The minimum Gasteiger partial charge on any atom is -0.348 e. The summed E-state index contributed by atoms with van der Waals surface area (Å²) >= 11 is 0. The van der Waals surface area contributed by atoms with Crippen LogP contribution < -0.4 is 5.32 Å². The monoisotopic (exact) mass is 390 g/mol. The minimum atomic E-state index is -4.46. The van der Waals surface area contributed by atoms with Gasteiger partial charge < -0.3 is 5.32 Å². The van der Waals surface area contributed by atoms with E-state index in [0.29, 0.717) is 5.65 Å². The van der Waals surface area contributed by atoms with E-state index in [1.807, 2.05) is 44.2 Å². The molecule has 8 heteroatoms. The summed E-state index contributed by atoms with van der Waals surface area (Å²) in [6.07, 6.45) is -2.70. The number of hydrogen-bond donors (Lipinski definition) is 1. The molecule has 0 fully saturated rings. The highest BCUT2D eigenvalue weighted by Gasteiger charge is 2.31. The van der Waals surface area contributed by atoms with E-state index in [4.69, 9.17) is 0 Å². The highest BCUT2D eigenvalue weighted by Crippen LogP contribution is 2.29. The summed E-state index contributed by atoms with van der Waals surface area (Å²) in [5, 5.41) is 10.6. The highest BCUT2D eigenvalue weighted by molar-refractivity contribution is 5.83. The molecule has 2 heterocycles. The number of amides is 1. The molecule has 3 aromatic rings. The van der Waals surface area contributed by atoms with E-state index in [1.165, 1.54) is 10.5 Å². The molecule has 28 heavy (non-hydrogen) atoms. The second kappa shape index (κ2) is 8.00. The maximum absolute atomic E-state index is 13.0. The Labute approximate surface area is 160 Å². The molecule has 0 radical (unpaired) electrons. The first-order chi connectivity index (χ1) is 13.3. The Bertz CT molecular complexity index is 953. The molecular formula is C20H21F3N4O. The van der Waals surface area contributed by atoms with Crippen LogP contribution in [-0.2, 0) is 17.5 Å². The Balaban J connectivity index is 1.81. The van der Waals surface area contributed by atoms with Crippen molar-refractivity contribution in [2.24, 2.45) is 5.92 Å². The van der Waals surface area contributed by atoms with Crippen molar-refractivity contribution in [2.75, 3.05) is 0 Å². The van der Waals surface area contributed by atoms with Crippen LogP contribution >= 0.6 is 0 Å². The lowest BCUT2D eigenvalue weighted by atomic mass is 9.85. The van der Waals surface area contributed by atoms with Crippen molar-refractivity contribution in [3.63, 3.8) is 0 Å². The number of benzene rings is 1. The van der Waals surface area contributed by atoms with Crippen molar-refractivity contribution >= 4 is 11.6 Å². The fourth-order valence-corrected chi connectivity index (χ4v) is 3.14. The molecule has 0 saturated carbocycles. The largest absolute Gasteiger partial charge is 0.417 e. The molecule has 148 valence electrons. The van der Waals surface area contributed by atoms with Gasteiger partial charge in [-0.05, 0) is 23.6 Å². The molecule has 3 rings (SSSR count). The number of aromatic nitrogens is 3. The summed E-state index contributed by atoms with van der Waals surface area (Å²) in [7, 11) is 0. The number of rotatable bonds is 6. The van der Waals surface area contributed by atoms with E-state index < -0.39 is 11.7 Å². The maximum atomic E-state index is 13.0. The van der Waals surface area contributed by atoms with Crippen molar-refractivity contribution in [1.82, 2.24) is 19.9 Å². The van der Waals surface area contributed by atoms with Crippen LogP contribution in [0, 0.1) is 5.92 Å². The number of halogens is 3. The van der Waals surface area contributed by atoms with Crippen molar-refractivity contribution in [2.45, 2.75) is 38.9 Å². The Kier molecular flexibility index (Phi) is 5.67. The van der Waals surface area contributed by atoms with Gasteiger partial charge in [0.2, 0.25) is 5.91 Å². The van der Waals surface area contributed by atoms with Crippen molar-refractivity contribution in [3.05, 3.63) is 65.6 Å². The average molecular weight is 390 g/mol. The molecule has 0 unspecified atom stereocenters. The SMILES string of the molecule is CC[C@H](C)[C@H](C(=O)NCc1nnc2ccc(C(F)(F)F)cn12)c1ccccc1. The van der Waals surface area contributed by atoms with Crippen LogP contribution in [0.2, 0.25) is 0 Å². The number of nitrogens with one attached hydrogen (secondary N) is 1. The van der Waals surface area contributed by atoms with E-state index in [1.54, 1.807) is 0 Å². The Morgan fingerprint density at radius 2 is 1.86 bits per heavy atom. The van der Waals surface area contributed by atoms with Crippen LogP contribution in [0.25, 0.3) is 5.65 Å². The number of hydrogen-bond acceptors (Lipinski definition) is 3. The number of alkyl halides is 3. The standard InChI is InChI=1S/C20H21F3N4O/c1-3-13(2)18(14-7-5-4-6-8-14)19(28)24-11-17-26-25-16-10-9-15(12-27(16)17)20(21,22)23/h4-10,12-13,18H,3,11H2,1-2H3,(H,24,28)/t13-,18-/m0/s1. The zero-order valence-corrected chi connectivity index (χ0v) is 15.6. The van der Waals surface area contributed by atoms with Crippen molar-refractivity contribution in [1.29, 1.82) is 0 Å². The molecule has 0 bridgehead atoms. The fraction of sp³-hybridized carbons (Fsp3) is 0.350. The van der Waals surface area contributed by atoms with Crippen LogP contribution in [0.1, 0.15) is 43.1 Å². The predicted molar refractivity (Wildman–Crippen MR) is 98.5 cm³/mol. The molecule has 0 aliphatic carbocycles. The molecule has 0 saturated heterocycles. The molecule has 1 amide bonds. The first-order valence-corrected chi connectivity index (χ1v) is 9.04. The van der Waals surface area contributed by atoms with Gasteiger partial charge in [0.1, 0.15) is 0 Å². The Morgan fingerprint density at radius 1 is 1.14 bits per heavy atom. The third-order valence-corrected chi connectivity index (χ3v) is 4.88. The molecule has 0 aliphatic rings. The Hall–Kier alpha value is -2.90. The van der Waals surface area contributed by atoms with Crippen LogP contribution in [0.15, 0.2) is 48.7 Å². The van der Waals surface area contributed by atoms with Gasteiger partial charge in [-0.2, -0.15) is 13.2 Å². The predicted octanol–water partition coefficient (Wildman–Crippen LogP) is 4.19. The van der Waals surface area contributed by atoms with Crippen molar-refractivity contribution < 1.29 is 18.0 Å². The summed E-state index contributed by atoms with van der Waals surface area (Å²) in [5.74, 6) is -0.194. The Morgan fingerprint density at radius 3 is 2.50 bits per heavy atom. The van der Waals surface area contributed by atoms with Gasteiger partial charge >= 0.3 is 6.18 Å². The van der Waals surface area contributed by atoms with E-state index >= 15 is 0 Å². The third-order valence-electron chi connectivity index (χ3n) is 4.88. The van der Waals surface area contributed by atoms with E-state index in [9.17, 15) is 18.0 Å². The quantitative estimate of drug-likeness (QED) is 0.686. The summed E-state index contributed by atoms with van der Waals surface area (Å²) in [4.78, 5) is 12.9. The van der Waals surface area contributed by atoms with Crippen LogP contribution in [0.5, 0.6) is 0 Å². The molecule has 5 nitrogen and oxygen atoms in total. The number of carbonyl (C=O) groups is 1. The average Bonchev–Trinajstić information content (AvgIpc) is 3.09. The van der Waals surface area contributed by atoms with Crippen LogP contribution in [-0.4, -0.2) is 20.5 Å². The van der Waals surface area contributed by atoms with E-state index in [2.05, 4.69) is 15.5 Å². The smallest absolute Gasteiger partial charge is 0.348 e. The number of carbonyl (C=O) groups excluding carboxylic acids is 1. The van der Waals surface area contributed by atoms with E-state index in [-0.39, 0.29) is 30.1 Å². The van der Waals surface area contributed by atoms with Crippen LogP contribution in [0.4, 0.5) is 13.2 Å². The zero-order valence-electron chi connectivity index (χ0n) is 15.6. The first kappa shape index (κ1) is 19.9. The molecule has 1 aromatic carbocycles. The topological polar surface area (TPSA) is 59.3 Å². The van der Waals surface area contributed by atoms with Gasteiger partial charge in [0, 0.05) is 6.20 Å². The number of fused-ring (bicyclic) bond motifs is 1. The second-order valence-corrected chi connectivity index (χ2v) is 6.75. The van der Waals surface area contributed by atoms with Gasteiger partial charge in [-0.1, -0.05) is 50.6 Å². The summed E-state index contributed by atoms with van der Waals surface area (Å²) in [5.41, 5.74) is 0.396. The molecule has 2 aromatic heterocycles. The molecule has 0 spiro atoms. The summed E-state index contributed by atoms with van der Waals surface area (Å²) < 4.78 is 40.1. The third kappa shape index (κ3) is 4.16. The number of nitrogens with zero attached hydrogens (tertiary/aromatic N) is 3.